The van der Waals surface area contributed by atoms with Gasteiger partial charge in [0.25, 0.3) is 0 Å². The summed E-state index contributed by atoms with van der Waals surface area (Å²) in [4.78, 5) is 17.6. The molecule has 0 aliphatic carbocycles. The summed E-state index contributed by atoms with van der Waals surface area (Å²) in [7, 11) is 0. The van der Waals surface area contributed by atoms with Gasteiger partial charge in [0.1, 0.15) is 0 Å². The molecule has 2 heterocycles. The highest BCUT2D eigenvalue weighted by molar-refractivity contribution is 6.28. The Bertz CT molecular complexity index is 447. The Morgan fingerprint density at radius 3 is 2.48 bits per heavy atom. The zero-order valence-corrected chi connectivity index (χ0v) is 13.9. The first-order valence-corrected chi connectivity index (χ1v) is 8.16. The van der Waals surface area contributed by atoms with Crippen molar-refractivity contribution in [1.29, 1.82) is 0 Å². The molecule has 0 amide bonds. The SMILES string of the molecule is CCCNc1nc(Cl)nc(N2CCN(C(C)CC)CC2)n1. The van der Waals surface area contributed by atoms with Gasteiger partial charge in [0.05, 0.1) is 0 Å². The van der Waals surface area contributed by atoms with Gasteiger partial charge in [-0.2, -0.15) is 15.0 Å². The molecule has 1 atom stereocenters. The molecule has 1 aromatic rings. The van der Waals surface area contributed by atoms with E-state index < -0.39 is 0 Å². The fourth-order valence-electron chi connectivity index (χ4n) is 2.42. The molecule has 6 nitrogen and oxygen atoms in total. The van der Waals surface area contributed by atoms with E-state index in [0.717, 1.165) is 39.1 Å². The minimum Gasteiger partial charge on any atom is -0.354 e. The van der Waals surface area contributed by atoms with E-state index in [2.05, 4.69) is 50.8 Å². The number of anilines is 2. The largest absolute Gasteiger partial charge is 0.354 e. The van der Waals surface area contributed by atoms with Crippen LogP contribution in [0.4, 0.5) is 11.9 Å². The number of rotatable bonds is 6. The normalized spacial score (nSPS) is 17.8. The van der Waals surface area contributed by atoms with Crippen LogP contribution in [0.25, 0.3) is 0 Å². The third-order valence-electron chi connectivity index (χ3n) is 3.94. The van der Waals surface area contributed by atoms with E-state index in [1.54, 1.807) is 0 Å². The molecule has 1 aliphatic heterocycles. The Balaban J connectivity index is 2.01. The average molecular weight is 313 g/mol. The maximum absolute atomic E-state index is 6.01. The molecule has 0 radical (unpaired) electrons. The maximum Gasteiger partial charge on any atom is 0.231 e. The monoisotopic (exact) mass is 312 g/mol. The van der Waals surface area contributed by atoms with E-state index in [-0.39, 0.29) is 5.28 Å². The number of hydrogen-bond donors (Lipinski definition) is 1. The summed E-state index contributed by atoms with van der Waals surface area (Å²) in [6.07, 6.45) is 2.20. The van der Waals surface area contributed by atoms with Crippen LogP contribution >= 0.6 is 11.6 Å². The van der Waals surface area contributed by atoms with E-state index in [4.69, 9.17) is 11.6 Å². The zero-order chi connectivity index (χ0) is 15.2. The highest BCUT2D eigenvalue weighted by Gasteiger charge is 2.22. The van der Waals surface area contributed by atoms with Gasteiger partial charge in [0, 0.05) is 38.8 Å². The van der Waals surface area contributed by atoms with Crippen molar-refractivity contribution in [1.82, 2.24) is 19.9 Å². The van der Waals surface area contributed by atoms with Crippen LogP contribution in [-0.2, 0) is 0 Å². The summed E-state index contributed by atoms with van der Waals surface area (Å²) in [6, 6.07) is 0.635. The van der Waals surface area contributed by atoms with Crippen LogP contribution in [0, 0.1) is 0 Å². The van der Waals surface area contributed by atoms with Crippen molar-refractivity contribution in [2.24, 2.45) is 0 Å². The van der Waals surface area contributed by atoms with Gasteiger partial charge in [-0.3, -0.25) is 4.90 Å². The van der Waals surface area contributed by atoms with Gasteiger partial charge in [-0.15, -0.1) is 0 Å². The Morgan fingerprint density at radius 1 is 1.14 bits per heavy atom. The molecule has 0 saturated carbocycles. The van der Waals surface area contributed by atoms with Crippen molar-refractivity contribution < 1.29 is 0 Å². The molecule has 1 saturated heterocycles. The minimum absolute atomic E-state index is 0.253. The number of nitrogens with zero attached hydrogens (tertiary/aromatic N) is 5. The third kappa shape index (κ3) is 4.41. The Hall–Kier alpha value is -1.14. The summed E-state index contributed by atoms with van der Waals surface area (Å²) in [5.74, 6) is 1.24. The molecule has 21 heavy (non-hydrogen) atoms. The van der Waals surface area contributed by atoms with Gasteiger partial charge in [0.2, 0.25) is 17.2 Å². The van der Waals surface area contributed by atoms with E-state index in [0.29, 0.717) is 17.9 Å². The molecular formula is C14H25ClN6. The summed E-state index contributed by atoms with van der Waals surface area (Å²) >= 11 is 6.01. The third-order valence-corrected chi connectivity index (χ3v) is 4.11. The number of hydrogen-bond acceptors (Lipinski definition) is 6. The smallest absolute Gasteiger partial charge is 0.231 e. The summed E-state index contributed by atoms with van der Waals surface area (Å²) in [6.45, 7) is 11.4. The molecule has 2 rings (SSSR count). The van der Waals surface area contributed by atoms with Crippen LogP contribution in [0.15, 0.2) is 0 Å². The van der Waals surface area contributed by atoms with Crippen molar-refractivity contribution in [2.75, 3.05) is 42.9 Å². The average Bonchev–Trinajstić information content (AvgIpc) is 2.51. The molecule has 1 unspecified atom stereocenters. The molecule has 0 aromatic carbocycles. The number of piperazine rings is 1. The van der Waals surface area contributed by atoms with Gasteiger partial charge < -0.3 is 10.2 Å². The standard InChI is InChI=1S/C14H25ClN6/c1-4-6-16-13-17-12(15)18-14(19-13)21-9-7-20(8-10-21)11(3)5-2/h11H,4-10H2,1-3H3,(H,16,17,18,19). The van der Waals surface area contributed by atoms with E-state index in [1.165, 1.54) is 6.42 Å². The summed E-state index contributed by atoms with van der Waals surface area (Å²) < 4.78 is 0. The molecule has 7 heteroatoms. The molecule has 0 spiro atoms. The van der Waals surface area contributed by atoms with E-state index in [1.807, 2.05) is 0 Å². The van der Waals surface area contributed by atoms with Gasteiger partial charge in [-0.1, -0.05) is 13.8 Å². The van der Waals surface area contributed by atoms with E-state index >= 15 is 0 Å². The number of halogens is 1. The highest BCUT2D eigenvalue weighted by Crippen LogP contribution is 2.17. The Labute approximate surface area is 131 Å². The fourth-order valence-corrected chi connectivity index (χ4v) is 2.57. The first kappa shape index (κ1) is 16.2. The lowest BCUT2D eigenvalue weighted by Gasteiger charge is -2.37. The quantitative estimate of drug-likeness (QED) is 0.869. The van der Waals surface area contributed by atoms with Crippen LogP contribution in [-0.4, -0.2) is 58.6 Å². The molecule has 118 valence electrons. The van der Waals surface area contributed by atoms with Crippen LogP contribution in [0.2, 0.25) is 5.28 Å². The van der Waals surface area contributed by atoms with Crippen molar-refractivity contribution >= 4 is 23.5 Å². The second-order valence-electron chi connectivity index (χ2n) is 5.44. The van der Waals surface area contributed by atoms with Gasteiger partial charge >= 0.3 is 0 Å². The van der Waals surface area contributed by atoms with Crippen molar-refractivity contribution in [3.05, 3.63) is 5.28 Å². The first-order chi connectivity index (χ1) is 10.1. The molecular weight excluding hydrogens is 288 g/mol. The second-order valence-corrected chi connectivity index (χ2v) is 5.77. The minimum atomic E-state index is 0.253. The number of nitrogens with one attached hydrogen (secondary N) is 1. The molecule has 1 N–H and O–H groups in total. The molecule has 0 bridgehead atoms. The second kappa shape index (κ2) is 7.75. The van der Waals surface area contributed by atoms with Crippen LogP contribution in [0.5, 0.6) is 0 Å². The topological polar surface area (TPSA) is 57.2 Å². The summed E-state index contributed by atoms with van der Waals surface area (Å²) in [5.41, 5.74) is 0. The maximum atomic E-state index is 6.01. The van der Waals surface area contributed by atoms with Crippen LogP contribution < -0.4 is 10.2 Å². The van der Waals surface area contributed by atoms with Crippen molar-refractivity contribution in [2.45, 2.75) is 39.7 Å². The first-order valence-electron chi connectivity index (χ1n) is 7.78. The predicted molar refractivity (Wildman–Crippen MR) is 87.2 cm³/mol. The fraction of sp³-hybridized carbons (Fsp3) is 0.786. The number of aromatic nitrogens is 3. The highest BCUT2D eigenvalue weighted by atomic mass is 35.5. The van der Waals surface area contributed by atoms with Gasteiger partial charge in [0.15, 0.2) is 0 Å². The molecule has 1 fully saturated rings. The lowest BCUT2D eigenvalue weighted by atomic mass is 10.2. The molecule has 1 aliphatic rings. The molecule has 1 aromatic heterocycles. The van der Waals surface area contributed by atoms with Crippen LogP contribution in [0.3, 0.4) is 0 Å². The summed E-state index contributed by atoms with van der Waals surface area (Å²) in [5, 5.41) is 3.42. The lowest BCUT2D eigenvalue weighted by molar-refractivity contribution is 0.192. The van der Waals surface area contributed by atoms with Gasteiger partial charge in [-0.25, -0.2) is 0 Å². The van der Waals surface area contributed by atoms with E-state index in [9.17, 15) is 0 Å². The van der Waals surface area contributed by atoms with Crippen molar-refractivity contribution in [3.8, 4) is 0 Å². The van der Waals surface area contributed by atoms with Gasteiger partial charge in [-0.05, 0) is 31.4 Å². The lowest BCUT2D eigenvalue weighted by Crippen LogP contribution is -2.50. The zero-order valence-electron chi connectivity index (χ0n) is 13.1. The Kier molecular flexibility index (Phi) is 5.99. The predicted octanol–water partition coefficient (Wildman–Crippen LogP) is 2.27. The van der Waals surface area contributed by atoms with Crippen LogP contribution in [0.1, 0.15) is 33.6 Å². The van der Waals surface area contributed by atoms with Crippen molar-refractivity contribution in [3.63, 3.8) is 0 Å². The Morgan fingerprint density at radius 2 is 1.86 bits per heavy atom.